The van der Waals surface area contributed by atoms with E-state index in [0.29, 0.717) is 6.04 Å². The van der Waals surface area contributed by atoms with Crippen LogP contribution in [0.15, 0.2) is 0 Å². The van der Waals surface area contributed by atoms with E-state index in [-0.39, 0.29) is 11.1 Å². The van der Waals surface area contributed by atoms with E-state index >= 15 is 0 Å². The van der Waals surface area contributed by atoms with Gasteiger partial charge in [0.05, 0.1) is 0 Å². The van der Waals surface area contributed by atoms with Crippen molar-refractivity contribution in [3.05, 3.63) is 0 Å². The molecule has 1 aliphatic rings. The van der Waals surface area contributed by atoms with Crippen LogP contribution in [0.2, 0.25) is 6.04 Å². The monoisotopic (exact) mass is 302 g/mol. The molecule has 5 nitrogen and oxygen atoms in total. The summed E-state index contributed by atoms with van der Waals surface area (Å²) in [7, 11) is 2.34. The number of hydroxylamine groups is 2. The Hall–Kier alpha value is 0.0169. The van der Waals surface area contributed by atoms with Gasteiger partial charge in [-0.2, -0.15) is 0 Å². The van der Waals surface area contributed by atoms with Crippen LogP contribution in [-0.4, -0.2) is 52.2 Å². The molecular formula is C14H30N2O3Si. The highest BCUT2D eigenvalue weighted by molar-refractivity contribution is 6.44. The molecule has 1 aliphatic heterocycles. The average Bonchev–Trinajstić information content (AvgIpc) is 2.35. The summed E-state index contributed by atoms with van der Waals surface area (Å²) in [5.41, 5.74) is -0.596. The first-order valence-electron chi connectivity index (χ1n) is 7.37. The van der Waals surface area contributed by atoms with Crippen molar-refractivity contribution in [2.45, 2.75) is 70.1 Å². The Morgan fingerprint density at radius 2 is 1.65 bits per heavy atom. The minimum atomic E-state index is -1.08. The summed E-state index contributed by atoms with van der Waals surface area (Å²) in [6.07, 6.45) is 2.84. The van der Waals surface area contributed by atoms with Crippen LogP contribution in [0.4, 0.5) is 0 Å². The Balaban J connectivity index is 2.38. The maximum atomic E-state index is 12.3. The third kappa shape index (κ3) is 4.79. The normalized spacial score (nSPS) is 23.4. The van der Waals surface area contributed by atoms with Gasteiger partial charge >= 0.3 is 9.28 Å². The number of hydrogen-bond acceptors (Lipinski definition) is 4. The molecule has 1 fully saturated rings. The Morgan fingerprint density at radius 1 is 1.15 bits per heavy atom. The van der Waals surface area contributed by atoms with Crippen molar-refractivity contribution in [2.24, 2.45) is 0 Å². The molecule has 0 saturated carbocycles. The summed E-state index contributed by atoms with van der Waals surface area (Å²) >= 11 is 0. The van der Waals surface area contributed by atoms with Crippen molar-refractivity contribution in [3.63, 3.8) is 0 Å². The molecule has 6 heteroatoms. The molecule has 1 saturated heterocycles. The van der Waals surface area contributed by atoms with Crippen LogP contribution in [0.5, 0.6) is 0 Å². The lowest BCUT2D eigenvalue weighted by Gasteiger charge is -2.50. The van der Waals surface area contributed by atoms with Gasteiger partial charge in [-0.3, -0.25) is 0 Å². The van der Waals surface area contributed by atoms with E-state index in [4.69, 9.17) is 8.85 Å². The number of rotatable bonds is 7. The van der Waals surface area contributed by atoms with Gasteiger partial charge < -0.3 is 14.2 Å². The molecule has 0 aliphatic carbocycles. The highest BCUT2D eigenvalue weighted by atomic mass is 28.3. The zero-order valence-electron chi connectivity index (χ0n) is 13.8. The van der Waals surface area contributed by atoms with Gasteiger partial charge in [0.15, 0.2) is 0 Å². The molecule has 0 aromatic heterocycles. The van der Waals surface area contributed by atoms with Gasteiger partial charge in [-0.15, -0.1) is 10.3 Å². The molecule has 0 atom stereocenters. The molecule has 0 amide bonds. The first kappa shape index (κ1) is 18.1. The predicted octanol–water partition coefficient (Wildman–Crippen LogP) is 2.11. The van der Waals surface area contributed by atoms with Crippen molar-refractivity contribution in [3.8, 4) is 0 Å². The second kappa shape index (κ2) is 7.33. The average molecular weight is 302 g/mol. The van der Waals surface area contributed by atoms with Crippen molar-refractivity contribution in [1.82, 2.24) is 10.4 Å². The van der Waals surface area contributed by atoms with E-state index in [1.165, 1.54) is 5.06 Å². The Bertz CT molecular complexity index is 278. The molecule has 1 N–H and O–H groups in total. The van der Waals surface area contributed by atoms with Gasteiger partial charge in [-0.25, -0.2) is 0 Å². The quantitative estimate of drug-likeness (QED) is 0.578. The SMILES string of the molecule is CO[Si](CCCNC1CC(C)(C)N([O])C(C)(C)C1)OC. The number of nitrogens with zero attached hydrogens (tertiary/aromatic N) is 1. The van der Waals surface area contributed by atoms with Crippen molar-refractivity contribution in [1.29, 1.82) is 0 Å². The van der Waals surface area contributed by atoms with Crippen LogP contribution in [0.25, 0.3) is 0 Å². The lowest BCUT2D eigenvalue weighted by molar-refractivity contribution is -0.290. The van der Waals surface area contributed by atoms with Gasteiger partial charge in [0.1, 0.15) is 0 Å². The third-order valence-corrected chi connectivity index (χ3v) is 5.71. The van der Waals surface area contributed by atoms with Crippen LogP contribution in [0, 0.1) is 0 Å². The van der Waals surface area contributed by atoms with Gasteiger partial charge in [0.25, 0.3) is 0 Å². The van der Waals surface area contributed by atoms with E-state index in [1.807, 2.05) is 27.7 Å². The van der Waals surface area contributed by atoms with Crippen LogP contribution in [0.3, 0.4) is 0 Å². The van der Waals surface area contributed by atoms with E-state index in [2.05, 4.69) is 5.32 Å². The lowest BCUT2D eigenvalue weighted by Crippen LogP contribution is -2.61. The molecule has 1 rings (SSSR count). The number of piperidine rings is 1. The molecule has 0 aromatic carbocycles. The summed E-state index contributed by atoms with van der Waals surface area (Å²) in [6.45, 7) is 9.09. The zero-order chi connectivity index (χ0) is 15.4. The van der Waals surface area contributed by atoms with E-state index in [1.54, 1.807) is 14.2 Å². The Morgan fingerprint density at radius 3 is 2.10 bits per heavy atom. The minimum absolute atomic E-state index is 0.298. The first-order chi connectivity index (χ1) is 9.23. The maximum Gasteiger partial charge on any atom is 0.384 e. The van der Waals surface area contributed by atoms with Crippen LogP contribution >= 0.6 is 0 Å². The van der Waals surface area contributed by atoms with Crippen LogP contribution in [0.1, 0.15) is 47.0 Å². The molecule has 0 aromatic rings. The van der Waals surface area contributed by atoms with Crippen LogP contribution < -0.4 is 5.32 Å². The lowest BCUT2D eigenvalue weighted by atomic mass is 9.79. The molecule has 118 valence electrons. The zero-order valence-corrected chi connectivity index (χ0v) is 14.8. The molecule has 0 bridgehead atoms. The topological polar surface area (TPSA) is 53.6 Å². The fourth-order valence-corrected chi connectivity index (χ4v) is 4.27. The van der Waals surface area contributed by atoms with Crippen LogP contribution in [-0.2, 0) is 14.1 Å². The molecule has 1 heterocycles. The molecule has 0 unspecified atom stereocenters. The van der Waals surface area contributed by atoms with Crippen molar-refractivity contribution in [2.75, 3.05) is 20.8 Å². The smallest absolute Gasteiger partial charge is 0.384 e. The fraction of sp³-hybridized carbons (Fsp3) is 1.00. The maximum absolute atomic E-state index is 12.3. The standard InChI is InChI=1S/C14H30N2O3Si/c1-13(2)10-12(11-14(3,4)16(13)17)15-8-7-9-20(18-5)19-6/h12,15H,7-11H2,1-6H3. The highest BCUT2D eigenvalue weighted by Gasteiger charge is 2.45. The third-order valence-electron chi connectivity index (χ3n) is 4.04. The Kier molecular flexibility index (Phi) is 6.62. The van der Waals surface area contributed by atoms with Crippen molar-refractivity contribution >= 4 is 9.28 Å². The van der Waals surface area contributed by atoms with E-state index < -0.39 is 9.28 Å². The summed E-state index contributed by atoms with van der Waals surface area (Å²) in [5, 5.41) is 17.1. The van der Waals surface area contributed by atoms with E-state index in [9.17, 15) is 5.21 Å². The van der Waals surface area contributed by atoms with E-state index in [0.717, 1.165) is 31.9 Å². The largest absolute Gasteiger partial charge is 0.397 e. The van der Waals surface area contributed by atoms with Crippen molar-refractivity contribution < 1.29 is 14.1 Å². The summed E-state index contributed by atoms with van der Waals surface area (Å²) in [5.74, 6) is 0. The van der Waals surface area contributed by atoms with Gasteiger partial charge in [-0.1, -0.05) is 0 Å². The summed E-state index contributed by atoms with van der Waals surface area (Å²) < 4.78 is 10.6. The molecule has 20 heavy (non-hydrogen) atoms. The van der Waals surface area contributed by atoms with Gasteiger partial charge in [0.2, 0.25) is 0 Å². The second-order valence-corrected chi connectivity index (χ2v) is 8.92. The fourth-order valence-electron chi connectivity index (χ4n) is 3.23. The van der Waals surface area contributed by atoms with Gasteiger partial charge in [-0.05, 0) is 59.5 Å². The molecule has 2 radical (unpaired) electrons. The number of hydrogen-bond donors (Lipinski definition) is 1. The number of nitrogens with one attached hydrogen (secondary N) is 1. The second-order valence-electron chi connectivity index (χ2n) is 6.86. The molecule has 0 spiro atoms. The van der Waals surface area contributed by atoms with Gasteiger partial charge in [0, 0.05) is 31.3 Å². The predicted molar refractivity (Wildman–Crippen MR) is 80.9 cm³/mol. The first-order valence-corrected chi connectivity index (χ1v) is 8.90. The summed E-state index contributed by atoms with van der Waals surface area (Å²) in [6, 6.07) is 1.39. The summed E-state index contributed by atoms with van der Waals surface area (Å²) in [4.78, 5) is 0. The Labute approximate surface area is 125 Å². The molecular weight excluding hydrogens is 272 g/mol. The minimum Gasteiger partial charge on any atom is -0.397 e. The highest BCUT2D eigenvalue weighted by Crippen LogP contribution is 2.36.